The maximum atomic E-state index is 12.9. The fourth-order valence-electron chi connectivity index (χ4n) is 3.06. The van der Waals surface area contributed by atoms with Gasteiger partial charge in [-0.1, -0.05) is 0 Å². The summed E-state index contributed by atoms with van der Waals surface area (Å²) < 4.78 is 11.0. The number of hydrogen-bond donors (Lipinski definition) is 2. The summed E-state index contributed by atoms with van der Waals surface area (Å²) in [4.78, 5) is 21.9. The van der Waals surface area contributed by atoms with Crippen molar-refractivity contribution in [3.63, 3.8) is 0 Å². The van der Waals surface area contributed by atoms with E-state index in [0.29, 0.717) is 19.6 Å². The lowest BCUT2D eigenvalue weighted by atomic mass is 9.95. The minimum atomic E-state index is -0.282. The van der Waals surface area contributed by atoms with E-state index in [9.17, 15) is 9.90 Å². The average Bonchev–Trinajstić information content (AvgIpc) is 3.04. The standard InChI is InChI=1S/C18H23N3O4/c1-12-19-9-15(20-12)10-21(5-6-22)18(23)14-7-13-8-16(24-2)3-4-17(13)25-11-14/h3-4,8-9,14,22H,5-7,10-11H2,1-2H3,(H,19,20). The van der Waals surface area contributed by atoms with Crippen molar-refractivity contribution >= 4 is 5.91 Å². The van der Waals surface area contributed by atoms with Gasteiger partial charge in [-0.05, 0) is 37.1 Å². The molecule has 0 saturated carbocycles. The first-order valence-corrected chi connectivity index (χ1v) is 8.30. The highest BCUT2D eigenvalue weighted by atomic mass is 16.5. The van der Waals surface area contributed by atoms with Crippen LogP contribution < -0.4 is 9.47 Å². The largest absolute Gasteiger partial charge is 0.497 e. The molecule has 1 aromatic carbocycles. The van der Waals surface area contributed by atoms with Crippen LogP contribution in [0.5, 0.6) is 11.5 Å². The number of aromatic amines is 1. The van der Waals surface area contributed by atoms with Crippen molar-refractivity contribution in [3.8, 4) is 11.5 Å². The molecular weight excluding hydrogens is 322 g/mol. The van der Waals surface area contributed by atoms with E-state index < -0.39 is 0 Å². The van der Waals surface area contributed by atoms with Gasteiger partial charge in [-0.3, -0.25) is 4.79 Å². The molecule has 134 valence electrons. The predicted molar refractivity (Wildman–Crippen MR) is 91.5 cm³/mol. The summed E-state index contributed by atoms with van der Waals surface area (Å²) in [5.41, 5.74) is 1.81. The number of hydrogen-bond acceptors (Lipinski definition) is 5. The van der Waals surface area contributed by atoms with Gasteiger partial charge < -0.3 is 24.5 Å². The van der Waals surface area contributed by atoms with Gasteiger partial charge in [0.1, 0.15) is 23.9 Å². The molecule has 1 aromatic heterocycles. The molecule has 7 nitrogen and oxygen atoms in total. The Labute approximate surface area is 146 Å². The number of aliphatic hydroxyl groups is 1. The Bertz CT molecular complexity index is 744. The van der Waals surface area contributed by atoms with Crippen molar-refractivity contribution in [1.29, 1.82) is 0 Å². The summed E-state index contributed by atoms with van der Waals surface area (Å²) in [5.74, 6) is 2.02. The number of amides is 1. The molecule has 2 heterocycles. The molecule has 2 N–H and O–H groups in total. The maximum absolute atomic E-state index is 12.9. The van der Waals surface area contributed by atoms with E-state index in [4.69, 9.17) is 9.47 Å². The summed E-state index contributed by atoms with van der Waals surface area (Å²) in [7, 11) is 1.61. The number of H-pyrrole nitrogens is 1. The topological polar surface area (TPSA) is 87.7 Å². The number of ether oxygens (including phenoxy) is 2. The van der Waals surface area contributed by atoms with E-state index in [1.807, 2.05) is 25.1 Å². The third kappa shape index (κ3) is 3.93. The molecule has 1 aliphatic heterocycles. The first kappa shape index (κ1) is 17.3. The molecule has 0 radical (unpaired) electrons. The van der Waals surface area contributed by atoms with Gasteiger partial charge in [0.15, 0.2) is 0 Å². The highest BCUT2D eigenvalue weighted by Crippen LogP contribution is 2.31. The lowest BCUT2D eigenvalue weighted by Gasteiger charge is -2.30. The second kappa shape index (κ2) is 7.57. The van der Waals surface area contributed by atoms with Crippen molar-refractivity contribution in [1.82, 2.24) is 14.9 Å². The highest BCUT2D eigenvalue weighted by molar-refractivity contribution is 5.79. The SMILES string of the molecule is COc1ccc2c(c1)CC(C(=O)N(CCO)Cc1cnc(C)[nH]1)CO2. The van der Waals surface area contributed by atoms with E-state index in [1.165, 1.54) is 0 Å². The molecule has 7 heteroatoms. The Hall–Kier alpha value is -2.54. The third-order valence-corrected chi connectivity index (χ3v) is 4.32. The summed E-state index contributed by atoms with van der Waals surface area (Å²) in [6.07, 6.45) is 2.31. The molecule has 0 aliphatic carbocycles. The molecule has 3 rings (SSSR count). The van der Waals surface area contributed by atoms with Crippen LogP contribution in [0.15, 0.2) is 24.4 Å². The van der Waals surface area contributed by atoms with Crippen LogP contribution in [-0.4, -0.2) is 52.7 Å². The summed E-state index contributed by atoms with van der Waals surface area (Å²) >= 11 is 0. The molecule has 25 heavy (non-hydrogen) atoms. The highest BCUT2D eigenvalue weighted by Gasteiger charge is 2.30. The maximum Gasteiger partial charge on any atom is 0.229 e. The predicted octanol–water partition coefficient (Wildman–Crippen LogP) is 1.30. The van der Waals surface area contributed by atoms with E-state index in [2.05, 4.69) is 9.97 Å². The van der Waals surface area contributed by atoms with Crippen LogP contribution in [-0.2, 0) is 17.8 Å². The van der Waals surface area contributed by atoms with Crippen LogP contribution in [0, 0.1) is 12.8 Å². The quantitative estimate of drug-likeness (QED) is 0.824. The minimum Gasteiger partial charge on any atom is -0.497 e. The monoisotopic (exact) mass is 345 g/mol. The van der Waals surface area contributed by atoms with E-state index >= 15 is 0 Å². The smallest absolute Gasteiger partial charge is 0.229 e. The van der Waals surface area contributed by atoms with E-state index in [0.717, 1.165) is 28.6 Å². The van der Waals surface area contributed by atoms with E-state index in [-0.39, 0.29) is 25.0 Å². The van der Waals surface area contributed by atoms with Crippen molar-refractivity contribution in [2.45, 2.75) is 19.9 Å². The molecule has 1 aliphatic rings. The number of benzene rings is 1. The Morgan fingerprint density at radius 3 is 3.04 bits per heavy atom. The van der Waals surface area contributed by atoms with Gasteiger partial charge in [0.05, 0.1) is 38.1 Å². The first-order chi connectivity index (χ1) is 12.1. The van der Waals surface area contributed by atoms with Gasteiger partial charge in [-0.15, -0.1) is 0 Å². The number of carbonyl (C=O) groups is 1. The molecule has 1 atom stereocenters. The lowest BCUT2D eigenvalue weighted by molar-refractivity contribution is -0.138. The lowest BCUT2D eigenvalue weighted by Crippen LogP contribution is -2.41. The molecule has 1 amide bonds. The fraction of sp³-hybridized carbons (Fsp3) is 0.444. The Balaban J connectivity index is 1.73. The zero-order chi connectivity index (χ0) is 17.8. The van der Waals surface area contributed by atoms with Crippen LogP contribution in [0.3, 0.4) is 0 Å². The molecule has 2 aromatic rings. The van der Waals surface area contributed by atoms with Gasteiger partial charge in [0.2, 0.25) is 5.91 Å². The number of aryl methyl sites for hydroxylation is 1. The average molecular weight is 345 g/mol. The molecule has 0 saturated heterocycles. The molecule has 0 fully saturated rings. The van der Waals surface area contributed by atoms with Gasteiger partial charge in [0, 0.05) is 6.54 Å². The van der Waals surface area contributed by atoms with Crippen molar-refractivity contribution in [2.24, 2.45) is 5.92 Å². The van der Waals surface area contributed by atoms with Crippen molar-refractivity contribution in [3.05, 3.63) is 41.5 Å². The van der Waals surface area contributed by atoms with Crippen LogP contribution in [0.4, 0.5) is 0 Å². The zero-order valence-electron chi connectivity index (χ0n) is 14.5. The summed E-state index contributed by atoms with van der Waals surface area (Å²) in [5, 5.41) is 9.33. The zero-order valence-corrected chi connectivity index (χ0v) is 14.5. The van der Waals surface area contributed by atoms with Gasteiger partial charge in [-0.25, -0.2) is 4.98 Å². The fourth-order valence-corrected chi connectivity index (χ4v) is 3.06. The van der Waals surface area contributed by atoms with Gasteiger partial charge in [-0.2, -0.15) is 0 Å². The van der Waals surface area contributed by atoms with Gasteiger partial charge >= 0.3 is 0 Å². The third-order valence-electron chi connectivity index (χ3n) is 4.32. The Morgan fingerprint density at radius 2 is 2.36 bits per heavy atom. The summed E-state index contributed by atoms with van der Waals surface area (Å²) in [6.45, 7) is 2.78. The molecule has 1 unspecified atom stereocenters. The minimum absolute atomic E-state index is 0.0326. The second-order valence-corrected chi connectivity index (χ2v) is 6.16. The van der Waals surface area contributed by atoms with Crippen LogP contribution in [0.1, 0.15) is 17.1 Å². The number of nitrogens with zero attached hydrogens (tertiary/aromatic N) is 2. The summed E-state index contributed by atoms with van der Waals surface area (Å²) in [6, 6.07) is 5.62. The van der Waals surface area contributed by atoms with Crippen molar-refractivity contribution < 1.29 is 19.4 Å². The number of aliphatic hydroxyl groups excluding tert-OH is 1. The van der Waals surface area contributed by atoms with Crippen LogP contribution >= 0.6 is 0 Å². The number of carbonyl (C=O) groups excluding carboxylic acids is 1. The number of methoxy groups -OCH3 is 1. The molecule has 0 bridgehead atoms. The Morgan fingerprint density at radius 1 is 1.52 bits per heavy atom. The number of fused-ring (bicyclic) bond motifs is 1. The second-order valence-electron chi connectivity index (χ2n) is 6.16. The van der Waals surface area contributed by atoms with Crippen molar-refractivity contribution in [2.75, 3.05) is 26.9 Å². The number of aromatic nitrogens is 2. The number of imidazole rings is 1. The Kier molecular flexibility index (Phi) is 5.23. The normalized spacial score (nSPS) is 16.0. The van der Waals surface area contributed by atoms with Crippen LogP contribution in [0.25, 0.3) is 0 Å². The molecular formula is C18H23N3O4. The first-order valence-electron chi connectivity index (χ1n) is 8.30. The number of nitrogens with one attached hydrogen (secondary N) is 1. The number of rotatable bonds is 6. The van der Waals surface area contributed by atoms with Gasteiger partial charge in [0.25, 0.3) is 0 Å². The van der Waals surface area contributed by atoms with E-state index in [1.54, 1.807) is 18.2 Å². The molecule has 0 spiro atoms. The van der Waals surface area contributed by atoms with Crippen LogP contribution in [0.2, 0.25) is 0 Å².